The summed E-state index contributed by atoms with van der Waals surface area (Å²) in [7, 11) is 0. The largest absolute Gasteiger partial charge is 0.348 e. The van der Waals surface area contributed by atoms with E-state index in [0.29, 0.717) is 31.7 Å². The summed E-state index contributed by atoms with van der Waals surface area (Å²) >= 11 is 0. The molecule has 1 aliphatic heterocycles. The summed E-state index contributed by atoms with van der Waals surface area (Å²) < 4.78 is 1.76. The van der Waals surface area contributed by atoms with E-state index in [1.165, 1.54) is 6.33 Å². The van der Waals surface area contributed by atoms with E-state index in [1.54, 1.807) is 40.2 Å². The molecule has 1 fully saturated rings. The summed E-state index contributed by atoms with van der Waals surface area (Å²) in [5, 5.41) is 9.76. The molecule has 142 valence electrons. The van der Waals surface area contributed by atoms with Crippen molar-refractivity contribution in [1.29, 1.82) is 0 Å². The van der Waals surface area contributed by atoms with Gasteiger partial charge in [0.05, 0.1) is 6.54 Å². The minimum absolute atomic E-state index is 0.107. The fraction of sp³-hybridized carbons (Fsp3) is 0.200. The van der Waals surface area contributed by atoms with Crippen molar-refractivity contribution >= 4 is 17.6 Å². The first-order valence-corrected chi connectivity index (χ1v) is 9.03. The van der Waals surface area contributed by atoms with Crippen LogP contribution < -0.4 is 15.5 Å². The molecule has 3 amide bonds. The smallest absolute Gasteiger partial charge is 0.321 e. The Morgan fingerprint density at radius 2 is 1.82 bits per heavy atom. The number of anilines is 1. The maximum atomic E-state index is 12.4. The zero-order chi connectivity index (χ0) is 19.3. The fourth-order valence-corrected chi connectivity index (χ4v) is 3.06. The third-order valence-electron chi connectivity index (χ3n) is 4.59. The Bertz CT molecular complexity index is 951. The van der Waals surface area contributed by atoms with Crippen molar-refractivity contribution in [3.8, 4) is 0 Å². The maximum Gasteiger partial charge on any atom is 0.321 e. The number of urea groups is 1. The lowest BCUT2D eigenvalue weighted by atomic mass is 10.1. The third kappa shape index (κ3) is 4.01. The SMILES string of the molecule is O=C(NCc1ccc(Cn2cncn2)cc1)c1ccc(N2CCNC2=O)cc1. The monoisotopic (exact) mass is 376 g/mol. The second kappa shape index (κ2) is 7.91. The normalized spacial score (nSPS) is 13.4. The molecule has 0 bridgehead atoms. The number of amides is 3. The first kappa shape index (κ1) is 17.7. The Hall–Kier alpha value is -3.68. The highest BCUT2D eigenvalue weighted by atomic mass is 16.2. The molecular weight excluding hydrogens is 356 g/mol. The Labute approximate surface area is 162 Å². The predicted octanol–water partition coefficient (Wildman–Crippen LogP) is 1.79. The molecule has 0 saturated carbocycles. The standard InChI is InChI=1S/C20H20N6O2/c27-19(17-5-7-18(8-6-17)26-10-9-22-20(26)28)23-11-15-1-3-16(4-2-15)12-25-14-21-13-24-25/h1-8,13-14H,9-12H2,(H,22,28)(H,23,27). The molecule has 2 N–H and O–H groups in total. The molecule has 0 aliphatic carbocycles. The second-order valence-corrected chi connectivity index (χ2v) is 6.52. The molecule has 0 atom stereocenters. The Morgan fingerprint density at radius 3 is 2.46 bits per heavy atom. The van der Waals surface area contributed by atoms with Gasteiger partial charge in [-0.3, -0.25) is 9.69 Å². The van der Waals surface area contributed by atoms with Crippen LogP contribution in [-0.4, -0.2) is 39.8 Å². The Balaban J connectivity index is 1.32. The van der Waals surface area contributed by atoms with Crippen LogP contribution in [0.1, 0.15) is 21.5 Å². The molecule has 1 aromatic heterocycles. The van der Waals surface area contributed by atoms with Crippen molar-refractivity contribution in [2.45, 2.75) is 13.1 Å². The van der Waals surface area contributed by atoms with Gasteiger partial charge in [-0.05, 0) is 35.4 Å². The number of nitrogens with one attached hydrogen (secondary N) is 2. The zero-order valence-electron chi connectivity index (χ0n) is 15.2. The van der Waals surface area contributed by atoms with Crippen LogP contribution >= 0.6 is 0 Å². The van der Waals surface area contributed by atoms with E-state index in [-0.39, 0.29) is 11.9 Å². The van der Waals surface area contributed by atoms with Gasteiger partial charge in [0.1, 0.15) is 12.7 Å². The van der Waals surface area contributed by atoms with Crippen molar-refractivity contribution in [3.05, 3.63) is 77.9 Å². The van der Waals surface area contributed by atoms with Crippen LogP contribution in [0.5, 0.6) is 0 Å². The van der Waals surface area contributed by atoms with Gasteiger partial charge in [-0.1, -0.05) is 24.3 Å². The third-order valence-corrected chi connectivity index (χ3v) is 4.59. The maximum absolute atomic E-state index is 12.4. The average molecular weight is 376 g/mol. The summed E-state index contributed by atoms with van der Waals surface area (Å²) in [4.78, 5) is 29.6. The summed E-state index contributed by atoms with van der Waals surface area (Å²) in [6.07, 6.45) is 3.19. The molecule has 0 unspecified atom stereocenters. The summed E-state index contributed by atoms with van der Waals surface area (Å²) in [5.74, 6) is -0.149. The molecule has 2 aromatic carbocycles. The molecule has 3 aromatic rings. The topological polar surface area (TPSA) is 92.2 Å². The van der Waals surface area contributed by atoms with Crippen LogP contribution in [0.25, 0.3) is 0 Å². The van der Waals surface area contributed by atoms with Crippen molar-refractivity contribution in [2.75, 3.05) is 18.0 Å². The number of hydrogen-bond donors (Lipinski definition) is 2. The number of hydrogen-bond acceptors (Lipinski definition) is 4. The molecule has 0 spiro atoms. The Morgan fingerprint density at radius 1 is 1.07 bits per heavy atom. The average Bonchev–Trinajstić information content (AvgIpc) is 3.39. The van der Waals surface area contributed by atoms with E-state index in [4.69, 9.17) is 0 Å². The molecule has 28 heavy (non-hydrogen) atoms. The number of rotatable bonds is 6. The van der Waals surface area contributed by atoms with Gasteiger partial charge in [-0.2, -0.15) is 5.10 Å². The molecular formula is C20H20N6O2. The highest BCUT2D eigenvalue weighted by Crippen LogP contribution is 2.17. The first-order valence-electron chi connectivity index (χ1n) is 9.03. The van der Waals surface area contributed by atoms with Gasteiger partial charge in [0, 0.05) is 30.9 Å². The Kier molecular flexibility index (Phi) is 5.01. The summed E-state index contributed by atoms with van der Waals surface area (Å²) in [6.45, 7) is 2.38. The van der Waals surface area contributed by atoms with Gasteiger partial charge in [0.15, 0.2) is 0 Å². The molecule has 8 heteroatoms. The number of nitrogens with zero attached hydrogens (tertiary/aromatic N) is 4. The number of carbonyl (C=O) groups is 2. The fourth-order valence-electron chi connectivity index (χ4n) is 3.06. The van der Waals surface area contributed by atoms with Crippen molar-refractivity contribution in [3.63, 3.8) is 0 Å². The van der Waals surface area contributed by atoms with Crippen LogP contribution in [0.4, 0.5) is 10.5 Å². The van der Waals surface area contributed by atoms with Gasteiger partial charge >= 0.3 is 6.03 Å². The number of aromatic nitrogens is 3. The number of benzene rings is 2. The molecule has 1 aliphatic rings. The molecule has 0 radical (unpaired) electrons. The van der Waals surface area contributed by atoms with Crippen molar-refractivity contribution < 1.29 is 9.59 Å². The van der Waals surface area contributed by atoms with E-state index in [0.717, 1.165) is 16.8 Å². The van der Waals surface area contributed by atoms with Gasteiger partial charge in [0.2, 0.25) is 0 Å². The van der Waals surface area contributed by atoms with E-state index >= 15 is 0 Å². The lowest BCUT2D eigenvalue weighted by Gasteiger charge is -2.14. The van der Waals surface area contributed by atoms with Gasteiger partial charge in [-0.15, -0.1) is 0 Å². The highest BCUT2D eigenvalue weighted by Gasteiger charge is 2.21. The van der Waals surface area contributed by atoms with Crippen LogP contribution in [0.3, 0.4) is 0 Å². The summed E-state index contributed by atoms with van der Waals surface area (Å²) in [6, 6.07) is 14.9. The van der Waals surface area contributed by atoms with Crippen LogP contribution in [0.15, 0.2) is 61.2 Å². The van der Waals surface area contributed by atoms with Gasteiger partial charge in [0.25, 0.3) is 5.91 Å². The van der Waals surface area contributed by atoms with Gasteiger partial charge in [-0.25, -0.2) is 14.5 Å². The first-order chi connectivity index (χ1) is 13.7. The molecule has 4 rings (SSSR count). The number of carbonyl (C=O) groups excluding carboxylic acids is 2. The van der Waals surface area contributed by atoms with E-state index in [9.17, 15) is 9.59 Å². The lowest BCUT2D eigenvalue weighted by Crippen LogP contribution is -2.27. The molecule has 8 nitrogen and oxygen atoms in total. The zero-order valence-corrected chi connectivity index (χ0v) is 15.2. The van der Waals surface area contributed by atoms with Crippen LogP contribution in [-0.2, 0) is 13.1 Å². The van der Waals surface area contributed by atoms with Crippen molar-refractivity contribution in [2.24, 2.45) is 0 Å². The van der Waals surface area contributed by atoms with Crippen LogP contribution in [0.2, 0.25) is 0 Å². The van der Waals surface area contributed by atoms with E-state index < -0.39 is 0 Å². The van der Waals surface area contributed by atoms with Crippen LogP contribution in [0, 0.1) is 0 Å². The molecule has 2 heterocycles. The minimum atomic E-state index is -0.149. The van der Waals surface area contributed by atoms with Gasteiger partial charge < -0.3 is 10.6 Å². The quantitative estimate of drug-likeness (QED) is 0.686. The lowest BCUT2D eigenvalue weighted by molar-refractivity contribution is 0.0951. The summed E-state index contributed by atoms with van der Waals surface area (Å²) in [5.41, 5.74) is 3.48. The molecule has 1 saturated heterocycles. The predicted molar refractivity (Wildman–Crippen MR) is 104 cm³/mol. The highest BCUT2D eigenvalue weighted by molar-refractivity contribution is 5.96. The van der Waals surface area contributed by atoms with Crippen molar-refractivity contribution in [1.82, 2.24) is 25.4 Å². The van der Waals surface area contributed by atoms with E-state index in [2.05, 4.69) is 20.7 Å². The minimum Gasteiger partial charge on any atom is -0.348 e. The van der Waals surface area contributed by atoms with E-state index in [1.807, 2.05) is 24.3 Å². The second-order valence-electron chi connectivity index (χ2n) is 6.52.